The molecule has 0 saturated heterocycles. The zero-order valence-corrected chi connectivity index (χ0v) is 10.4. The summed E-state index contributed by atoms with van der Waals surface area (Å²) in [6.07, 6.45) is 6.01. The van der Waals surface area contributed by atoms with Gasteiger partial charge in [0.15, 0.2) is 0 Å². The largest absolute Gasteiger partial charge is 0.345 e. The van der Waals surface area contributed by atoms with Crippen molar-refractivity contribution in [3.63, 3.8) is 0 Å². The summed E-state index contributed by atoms with van der Waals surface area (Å²) in [7, 11) is 0. The van der Waals surface area contributed by atoms with Crippen molar-refractivity contribution >= 4 is 5.91 Å². The molecule has 0 unspecified atom stereocenters. The number of carbonyl (C=O) groups excluding carboxylic acids is 1. The normalized spacial score (nSPS) is 15.6. The first kappa shape index (κ1) is 11.8. The summed E-state index contributed by atoms with van der Waals surface area (Å²) >= 11 is 0. The number of nitrogens with zero attached hydrogens (tertiary/aromatic N) is 3. The van der Waals surface area contributed by atoms with Gasteiger partial charge in [0.25, 0.3) is 0 Å². The Hall–Kier alpha value is -2.24. The number of hydrogen-bond acceptors (Lipinski definition) is 5. The minimum atomic E-state index is -0.304. The highest BCUT2D eigenvalue weighted by molar-refractivity contribution is 5.90. The molecule has 1 aliphatic rings. The maximum Gasteiger partial charge on any atom is 0.316 e. The SMILES string of the molecule is O=C(NC1CCCC1)c1nc(-c2ccccn2)no1. The minimum absolute atomic E-state index is 0.00690. The highest BCUT2D eigenvalue weighted by Gasteiger charge is 2.22. The molecular weight excluding hydrogens is 244 g/mol. The Morgan fingerprint density at radius 1 is 1.32 bits per heavy atom. The Morgan fingerprint density at radius 3 is 2.89 bits per heavy atom. The standard InChI is InChI=1S/C13H14N4O2/c18-12(15-9-5-1-2-6-9)13-16-11(17-19-13)10-7-3-4-8-14-10/h3-4,7-9H,1-2,5-6H2,(H,15,18). The van der Waals surface area contributed by atoms with Crippen LogP contribution in [-0.4, -0.2) is 27.1 Å². The van der Waals surface area contributed by atoms with E-state index in [9.17, 15) is 4.79 Å². The van der Waals surface area contributed by atoms with Crippen LogP contribution in [0.2, 0.25) is 0 Å². The van der Waals surface area contributed by atoms with E-state index < -0.39 is 0 Å². The number of aromatic nitrogens is 3. The topological polar surface area (TPSA) is 80.9 Å². The Balaban J connectivity index is 1.72. The molecule has 2 aromatic heterocycles. The van der Waals surface area contributed by atoms with Gasteiger partial charge in [-0.1, -0.05) is 24.1 Å². The zero-order valence-electron chi connectivity index (χ0n) is 10.4. The fraction of sp³-hybridized carbons (Fsp3) is 0.385. The molecule has 1 aliphatic carbocycles. The van der Waals surface area contributed by atoms with Crippen molar-refractivity contribution in [1.29, 1.82) is 0 Å². The maximum atomic E-state index is 11.9. The molecule has 0 atom stereocenters. The molecular formula is C13H14N4O2. The fourth-order valence-corrected chi connectivity index (χ4v) is 2.23. The first-order valence-corrected chi connectivity index (χ1v) is 6.39. The molecule has 0 bridgehead atoms. The smallest absolute Gasteiger partial charge is 0.316 e. The van der Waals surface area contributed by atoms with Gasteiger partial charge in [-0.2, -0.15) is 4.98 Å². The van der Waals surface area contributed by atoms with E-state index in [0.29, 0.717) is 11.5 Å². The van der Waals surface area contributed by atoms with Crippen molar-refractivity contribution in [1.82, 2.24) is 20.4 Å². The molecule has 1 N–H and O–H groups in total. The molecule has 6 nitrogen and oxygen atoms in total. The van der Waals surface area contributed by atoms with Crippen molar-refractivity contribution in [2.75, 3.05) is 0 Å². The molecule has 0 radical (unpaired) electrons. The highest BCUT2D eigenvalue weighted by atomic mass is 16.5. The van der Waals surface area contributed by atoms with E-state index in [2.05, 4.69) is 20.4 Å². The van der Waals surface area contributed by atoms with Crippen LogP contribution in [0, 0.1) is 0 Å². The van der Waals surface area contributed by atoms with E-state index >= 15 is 0 Å². The molecule has 3 rings (SSSR count). The van der Waals surface area contributed by atoms with Crippen molar-refractivity contribution in [3.05, 3.63) is 30.3 Å². The molecule has 0 aliphatic heterocycles. The van der Waals surface area contributed by atoms with E-state index in [1.165, 1.54) is 0 Å². The second-order valence-corrected chi connectivity index (χ2v) is 4.59. The summed E-state index contributed by atoms with van der Waals surface area (Å²) in [4.78, 5) is 20.1. The van der Waals surface area contributed by atoms with E-state index in [-0.39, 0.29) is 17.8 Å². The molecule has 2 aromatic rings. The van der Waals surface area contributed by atoms with E-state index in [4.69, 9.17) is 4.52 Å². The molecule has 19 heavy (non-hydrogen) atoms. The van der Waals surface area contributed by atoms with Crippen LogP contribution < -0.4 is 5.32 Å². The van der Waals surface area contributed by atoms with Crippen LogP contribution in [0.1, 0.15) is 36.4 Å². The van der Waals surface area contributed by atoms with E-state index in [0.717, 1.165) is 25.7 Å². The average molecular weight is 258 g/mol. The predicted molar refractivity (Wildman–Crippen MR) is 67.3 cm³/mol. The zero-order chi connectivity index (χ0) is 13.1. The Kier molecular flexibility index (Phi) is 3.22. The highest BCUT2D eigenvalue weighted by Crippen LogP contribution is 2.18. The van der Waals surface area contributed by atoms with Crippen LogP contribution in [0.15, 0.2) is 28.9 Å². The average Bonchev–Trinajstić information content (AvgIpc) is 3.10. The summed E-state index contributed by atoms with van der Waals surface area (Å²) in [5, 5.41) is 6.68. The lowest BCUT2D eigenvalue weighted by Crippen LogP contribution is -2.32. The number of amides is 1. The van der Waals surface area contributed by atoms with Crippen LogP contribution in [0.25, 0.3) is 11.5 Å². The van der Waals surface area contributed by atoms with Gasteiger partial charge in [-0.25, -0.2) is 0 Å². The van der Waals surface area contributed by atoms with E-state index in [1.54, 1.807) is 18.3 Å². The van der Waals surface area contributed by atoms with Gasteiger partial charge in [-0.3, -0.25) is 9.78 Å². The van der Waals surface area contributed by atoms with Crippen LogP contribution >= 0.6 is 0 Å². The third-order valence-corrected chi connectivity index (χ3v) is 3.20. The number of carbonyl (C=O) groups is 1. The van der Waals surface area contributed by atoms with Crippen LogP contribution in [0.3, 0.4) is 0 Å². The van der Waals surface area contributed by atoms with Gasteiger partial charge in [0.2, 0.25) is 5.82 Å². The van der Waals surface area contributed by atoms with E-state index in [1.807, 2.05) is 6.07 Å². The van der Waals surface area contributed by atoms with Gasteiger partial charge in [0.1, 0.15) is 5.69 Å². The van der Waals surface area contributed by atoms with Crippen molar-refractivity contribution in [2.45, 2.75) is 31.7 Å². The second kappa shape index (κ2) is 5.17. The van der Waals surface area contributed by atoms with Gasteiger partial charge in [0, 0.05) is 12.2 Å². The lowest BCUT2D eigenvalue weighted by atomic mass is 10.2. The van der Waals surface area contributed by atoms with Gasteiger partial charge >= 0.3 is 11.8 Å². The number of rotatable bonds is 3. The summed E-state index contributed by atoms with van der Waals surface area (Å²) in [6, 6.07) is 5.63. The molecule has 2 heterocycles. The van der Waals surface area contributed by atoms with Gasteiger partial charge < -0.3 is 9.84 Å². The fourth-order valence-electron chi connectivity index (χ4n) is 2.23. The molecule has 1 amide bonds. The summed E-state index contributed by atoms with van der Waals surface area (Å²) < 4.78 is 4.98. The Morgan fingerprint density at radius 2 is 2.16 bits per heavy atom. The third kappa shape index (κ3) is 2.62. The maximum absolute atomic E-state index is 11.9. The minimum Gasteiger partial charge on any atom is -0.345 e. The first-order valence-electron chi connectivity index (χ1n) is 6.39. The lowest BCUT2D eigenvalue weighted by Gasteiger charge is -2.08. The van der Waals surface area contributed by atoms with Gasteiger partial charge in [0.05, 0.1) is 0 Å². The Labute approximate surface area is 110 Å². The quantitative estimate of drug-likeness (QED) is 0.907. The number of nitrogens with one attached hydrogen (secondary N) is 1. The predicted octanol–water partition coefficient (Wildman–Crippen LogP) is 1.80. The molecule has 1 fully saturated rings. The van der Waals surface area contributed by atoms with Crippen molar-refractivity contribution in [2.24, 2.45) is 0 Å². The molecule has 0 spiro atoms. The molecule has 1 saturated carbocycles. The van der Waals surface area contributed by atoms with Crippen LogP contribution in [0.4, 0.5) is 0 Å². The summed E-state index contributed by atoms with van der Waals surface area (Å²) in [5.41, 5.74) is 0.589. The summed E-state index contributed by atoms with van der Waals surface area (Å²) in [6.45, 7) is 0. The first-order chi connectivity index (χ1) is 9.33. The Bertz CT molecular complexity index is 561. The molecule has 0 aromatic carbocycles. The van der Waals surface area contributed by atoms with Crippen LogP contribution in [0.5, 0.6) is 0 Å². The lowest BCUT2D eigenvalue weighted by molar-refractivity contribution is 0.0893. The van der Waals surface area contributed by atoms with Gasteiger partial charge in [-0.05, 0) is 25.0 Å². The molecule has 6 heteroatoms. The van der Waals surface area contributed by atoms with Crippen LogP contribution in [-0.2, 0) is 0 Å². The van der Waals surface area contributed by atoms with Crippen molar-refractivity contribution < 1.29 is 9.32 Å². The van der Waals surface area contributed by atoms with Gasteiger partial charge in [-0.15, -0.1) is 0 Å². The monoisotopic (exact) mass is 258 g/mol. The number of hydrogen-bond donors (Lipinski definition) is 1. The second-order valence-electron chi connectivity index (χ2n) is 4.59. The molecule has 98 valence electrons. The van der Waals surface area contributed by atoms with Crippen molar-refractivity contribution in [3.8, 4) is 11.5 Å². The summed E-state index contributed by atoms with van der Waals surface area (Å²) in [5.74, 6) is 0.0197. The third-order valence-electron chi connectivity index (χ3n) is 3.20. The number of pyridine rings is 1.